The number of thiazole rings is 1. The Balaban J connectivity index is 1.16. The van der Waals surface area contributed by atoms with Gasteiger partial charge in [-0.05, 0) is 84.3 Å². The summed E-state index contributed by atoms with van der Waals surface area (Å²) in [6.07, 6.45) is 3.45. The van der Waals surface area contributed by atoms with E-state index in [-0.39, 0.29) is 5.91 Å². The Kier molecular flexibility index (Phi) is 9.00. The number of amides is 1. The number of fused-ring (bicyclic) bond motifs is 4. The maximum absolute atomic E-state index is 14.3. The van der Waals surface area contributed by atoms with Gasteiger partial charge in [-0.25, -0.2) is 4.98 Å². The molecule has 0 unspecified atom stereocenters. The molecule has 1 aliphatic rings. The number of unbranched alkanes of at least 4 members (excludes halogenated alkanes) is 1. The summed E-state index contributed by atoms with van der Waals surface area (Å²) < 4.78 is 13.2. The van der Waals surface area contributed by atoms with Crippen molar-refractivity contribution in [3.63, 3.8) is 0 Å². The standard InChI is InChI=1S/C36H36N2O3S2/c1-3-41-27-18-19-32-33(24-27)43-35(38-32)42-23-9-8-21-36(34(39)37-22-20-25-14-16-26(40-2)17-15-25)30-12-6-4-10-28(30)29-11-5-7-13-31(29)36/h4-7,10-19,24H,3,8-9,20-23H2,1-2H3,(H,37,39). The molecule has 43 heavy (non-hydrogen) atoms. The highest BCUT2D eigenvalue weighted by molar-refractivity contribution is 8.01. The normalized spacial score (nSPS) is 13.0. The molecular weight excluding hydrogens is 573 g/mol. The maximum Gasteiger partial charge on any atom is 0.235 e. The van der Waals surface area contributed by atoms with E-state index in [4.69, 9.17) is 14.5 Å². The van der Waals surface area contributed by atoms with E-state index in [1.165, 1.54) is 16.7 Å². The number of hydrogen-bond acceptors (Lipinski definition) is 6. The summed E-state index contributed by atoms with van der Waals surface area (Å²) >= 11 is 3.51. The second-order valence-corrected chi connectivity index (χ2v) is 13.1. The molecule has 5 nitrogen and oxygen atoms in total. The van der Waals surface area contributed by atoms with Crippen molar-refractivity contribution < 1.29 is 14.3 Å². The number of aromatic nitrogens is 1. The zero-order valence-corrected chi connectivity index (χ0v) is 26.2. The largest absolute Gasteiger partial charge is 0.497 e. The Morgan fingerprint density at radius 2 is 1.60 bits per heavy atom. The van der Waals surface area contributed by atoms with Gasteiger partial charge in [-0.1, -0.05) is 78.8 Å². The number of nitrogens with one attached hydrogen (secondary N) is 1. The van der Waals surface area contributed by atoms with Gasteiger partial charge in [0.25, 0.3) is 0 Å². The van der Waals surface area contributed by atoms with Gasteiger partial charge in [-0.2, -0.15) is 0 Å². The fourth-order valence-electron chi connectivity index (χ4n) is 6.07. The molecule has 5 aromatic rings. The second kappa shape index (κ2) is 13.2. The van der Waals surface area contributed by atoms with Crippen molar-refractivity contribution in [3.05, 3.63) is 108 Å². The van der Waals surface area contributed by atoms with Crippen molar-refractivity contribution in [2.45, 2.75) is 42.4 Å². The van der Waals surface area contributed by atoms with Crippen LogP contribution in [-0.2, 0) is 16.6 Å². The average Bonchev–Trinajstić information content (AvgIpc) is 3.58. The Morgan fingerprint density at radius 3 is 2.30 bits per heavy atom. The van der Waals surface area contributed by atoms with Crippen LogP contribution in [0.3, 0.4) is 0 Å². The molecular formula is C36H36N2O3S2. The molecule has 1 aromatic heterocycles. The van der Waals surface area contributed by atoms with Gasteiger partial charge in [0, 0.05) is 12.3 Å². The Labute approximate surface area is 261 Å². The number of benzene rings is 4. The van der Waals surface area contributed by atoms with Crippen molar-refractivity contribution in [1.29, 1.82) is 0 Å². The SMILES string of the molecule is CCOc1ccc2nc(SCCCCC3(C(=O)NCCc4ccc(OC)cc4)c4ccccc4-c4ccccc43)sc2c1. The Morgan fingerprint density at radius 1 is 0.907 bits per heavy atom. The molecule has 4 aromatic carbocycles. The molecule has 1 heterocycles. The summed E-state index contributed by atoms with van der Waals surface area (Å²) in [5, 5.41) is 3.33. The first-order valence-electron chi connectivity index (χ1n) is 14.9. The predicted molar refractivity (Wildman–Crippen MR) is 178 cm³/mol. The van der Waals surface area contributed by atoms with Gasteiger partial charge < -0.3 is 14.8 Å². The minimum Gasteiger partial charge on any atom is -0.497 e. The van der Waals surface area contributed by atoms with Crippen LogP contribution in [0.25, 0.3) is 21.3 Å². The zero-order valence-electron chi connectivity index (χ0n) is 24.6. The highest BCUT2D eigenvalue weighted by Crippen LogP contribution is 2.51. The van der Waals surface area contributed by atoms with Crippen LogP contribution in [0.4, 0.5) is 0 Å². The molecule has 6 rings (SSSR count). The molecule has 1 N–H and O–H groups in total. The lowest BCUT2D eigenvalue weighted by molar-refractivity contribution is -0.125. The van der Waals surface area contributed by atoms with Crippen LogP contribution in [0, 0.1) is 0 Å². The molecule has 0 bridgehead atoms. The first-order valence-corrected chi connectivity index (χ1v) is 16.7. The number of nitrogens with zero attached hydrogens (tertiary/aromatic N) is 1. The first kappa shape index (κ1) is 29.3. The summed E-state index contributed by atoms with van der Waals surface area (Å²) in [5.74, 6) is 2.77. The molecule has 0 aliphatic heterocycles. The summed E-state index contributed by atoms with van der Waals surface area (Å²) in [6.45, 7) is 3.23. The maximum atomic E-state index is 14.3. The molecule has 0 saturated carbocycles. The van der Waals surface area contributed by atoms with Crippen LogP contribution < -0.4 is 14.8 Å². The van der Waals surface area contributed by atoms with Crippen molar-refractivity contribution in [3.8, 4) is 22.6 Å². The molecule has 0 atom stereocenters. The highest BCUT2D eigenvalue weighted by Gasteiger charge is 2.48. The van der Waals surface area contributed by atoms with Crippen LogP contribution in [0.5, 0.6) is 11.5 Å². The van der Waals surface area contributed by atoms with E-state index in [1.54, 1.807) is 30.2 Å². The van der Waals surface area contributed by atoms with Crippen LogP contribution in [-0.4, -0.2) is 36.9 Å². The molecule has 0 saturated heterocycles. The lowest BCUT2D eigenvalue weighted by Gasteiger charge is -2.31. The number of carbonyl (C=O) groups is 1. The van der Waals surface area contributed by atoms with Gasteiger partial charge in [0.2, 0.25) is 5.91 Å². The Hall–Kier alpha value is -3.81. The first-order chi connectivity index (χ1) is 21.1. The van der Waals surface area contributed by atoms with Gasteiger partial charge >= 0.3 is 0 Å². The number of carbonyl (C=O) groups excluding carboxylic acids is 1. The third-order valence-electron chi connectivity index (χ3n) is 8.13. The van der Waals surface area contributed by atoms with Crippen molar-refractivity contribution in [1.82, 2.24) is 10.3 Å². The number of hydrogen-bond donors (Lipinski definition) is 1. The Bertz CT molecular complexity index is 1670. The minimum absolute atomic E-state index is 0.0855. The average molecular weight is 609 g/mol. The lowest BCUT2D eigenvalue weighted by atomic mass is 9.73. The van der Waals surface area contributed by atoms with E-state index in [1.807, 2.05) is 31.2 Å². The van der Waals surface area contributed by atoms with Crippen LogP contribution in [0.2, 0.25) is 0 Å². The quantitative estimate of drug-likeness (QED) is 0.108. The summed E-state index contributed by atoms with van der Waals surface area (Å²) in [4.78, 5) is 19.1. The van der Waals surface area contributed by atoms with E-state index in [0.29, 0.717) is 13.2 Å². The van der Waals surface area contributed by atoms with E-state index in [9.17, 15) is 4.79 Å². The predicted octanol–water partition coefficient (Wildman–Crippen LogP) is 8.29. The van der Waals surface area contributed by atoms with E-state index >= 15 is 0 Å². The number of ether oxygens (including phenoxy) is 2. The molecule has 7 heteroatoms. The van der Waals surface area contributed by atoms with Gasteiger partial charge in [-0.3, -0.25) is 4.79 Å². The van der Waals surface area contributed by atoms with Crippen LogP contribution in [0.15, 0.2) is 95.3 Å². The molecule has 1 aliphatic carbocycles. The second-order valence-electron chi connectivity index (χ2n) is 10.7. The topological polar surface area (TPSA) is 60.5 Å². The van der Waals surface area contributed by atoms with Crippen molar-refractivity contribution in [2.24, 2.45) is 0 Å². The monoisotopic (exact) mass is 608 g/mol. The van der Waals surface area contributed by atoms with E-state index in [2.05, 4.69) is 72.0 Å². The lowest BCUT2D eigenvalue weighted by Crippen LogP contribution is -2.45. The van der Waals surface area contributed by atoms with E-state index in [0.717, 1.165) is 68.6 Å². The number of rotatable bonds is 13. The van der Waals surface area contributed by atoms with Gasteiger partial charge in [0.05, 0.1) is 23.9 Å². The summed E-state index contributed by atoms with van der Waals surface area (Å²) in [5.41, 5.74) is 6.04. The van der Waals surface area contributed by atoms with Crippen molar-refractivity contribution >= 4 is 39.2 Å². The number of methoxy groups -OCH3 is 1. The smallest absolute Gasteiger partial charge is 0.235 e. The molecule has 0 spiro atoms. The molecule has 0 radical (unpaired) electrons. The van der Waals surface area contributed by atoms with Gasteiger partial charge in [0.1, 0.15) is 16.9 Å². The van der Waals surface area contributed by atoms with Gasteiger partial charge in [-0.15, -0.1) is 11.3 Å². The minimum atomic E-state index is -0.705. The fraction of sp³-hybridized carbons (Fsp3) is 0.278. The third-order valence-corrected chi connectivity index (χ3v) is 10.4. The van der Waals surface area contributed by atoms with E-state index < -0.39 is 5.41 Å². The summed E-state index contributed by atoms with van der Waals surface area (Å²) in [7, 11) is 1.67. The molecule has 0 fully saturated rings. The van der Waals surface area contributed by atoms with Crippen LogP contribution in [0.1, 0.15) is 42.9 Å². The van der Waals surface area contributed by atoms with Crippen molar-refractivity contribution in [2.75, 3.05) is 26.0 Å². The number of thioether (sulfide) groups is 1. The zero-order chi connectivity index (χ0) is 29.6. The van der Waals surface area contributed by atoms with Crippen LogP contribution >= 0.6 is 23.1 Å². The highest BCUT2D eigenvalue weighted by atomic mass is 32.2. The molecule has 220 valence electrons. The third kappa shape index (κ3) is 6.01. The summed E-state index contributed by atoms with van der Waals surface area (Å²) in [6, 6.07) is 31.0. The van der Waals surface area contributed by atoms with Gasteiger partial charge in [0.15, 0.2) is 4.34 Å². The molecule has 1 amide bonds. The fourth-order valence-corrected chi connectivity index (χ4v) is 8.24.